The van der Waals surface area contributed by atoms with Gasteiger partial charge in [0.2, 0.25) is 11.8 Å². The van der Waals surface area contributed by atoms with Crippen molar-refractivity contribution in [3.05, 3.63) is 54.5 Å². The van der Waals surface area contributed by atoms with E-state index in [4.69, 9.17) is 4.74 Å². The second-order valence-electron chi connectivity index (χ2n) is 5.75. The van der Waals surface area contributed by atoms with Crippen LogP contribution in [0.4, 0.5) is 0 Å². The fraction of sp³-hybridized carbons (Fsp3) is 0.389. The van der Waals surface area contributed by atoms with E-state index in [9.17, 15) is 4.79 Å². The van der Waals surface area contributed by atoms with Crippen molar-refractivity contribution in [3.63, 3.8) is 0 Å². The van der Waals surface area contributed by atoms with Gasteiger partial charge in [-0.3, -0.25) is 9.78 Å². The lowest BCUT2D eigenvalue weighted by Crippen LogP contribution is -2.44. The van der Waals surface area contributed by atoms with Gasteiger partial charge in [-0.2, -0.15) is 0 Å². The molecule has 0 spiro atoms. The fourth-order valence-electron chi connectivity index (χ4n) is 2.83. The molecule has 23 heavy (non-hydrogen) atoms. The van der Waals surface area contributed by atoms with Gasteiger partial charge < -0.3 is 9.64 Å². The van der Waals surface area contributed by atoms with E-state index >= 15 is 0 Å². The standard InChI is InChI=1S/C18H21N3O2/c22-18(9-8-15-5-2-1-3-6-15)21-12-4-7-16(14-21)23-17-13-19-10-11-20-17/h1-3,5-6,10-11,13,16H,4,7-9,12,14H2. The maximum atomic E-state index is 12.4. The van der Waals surface area contributed by atoms with Crippen molar-refractivity contribution in [2.24, 2.45) is 0 Å². The van der Waals surface area contributed by atoms with Crippen LogP contribution in [-0.4, -0.2) is 40.0 Å². The van der Waals surface area contributed by atoms with Gasteiger partial charge in [0.1, 0.15) is 6.10 Å². The molecule has 0 bridgehead atoms. The van der Waals surface area contributed by atoms with E-state index in [2.05, 4.69) is 22.1 Å². The predicted molar refractivity (Wildman–Crippen MR) is 87.0 cm³/mol. The van der Waals surface area contributed by atoms with Crippen molar-refractivity contribution in [3.8, 4) is 5.88 Å². The van der Waals surface area contributed by atoms with Crippen molar-refractivity contribution >= 4 is 5.91 Å². The molecule has 1 aliphatic heterocycles. The van der Waals surface area contributed by atoms with Crippen molar-refractivity contribution in [1.82, 2.24) is 14.9 Å². The SMILES string of the molecule is O=C(CCc1ccccc1)N1CCCC(Oc2cnccn2)C1. The number of piperidine rings is 1. The highest BCUT2D eigenvalue weighted by Gasteiger charge is 2.24. The molecule has 1 fully saturated rings. The predicted octanol–water partition coefficient (Wildman–Crippen LogP) is 2.48. The molecular weight excluding hydrogens is 290 g/mol. The lowest BCUT2D eigenvalue weighted by Gasteiger charge is -2.32. The number of carbonyl (C=O) groups is 1. The third-order valence-electron chi connectivity index (χ3n) is 4.03. The van der Waals surface area contributed by atoms with Crippen LogP contribution < -0.4 is 4.74 Å². The second-order valence-corrected chi connectivity index (χ2v) is 5.75. The van der Waals surface area contributed by atoms with Crippen molar-refractivity contribution in [2.45, 2.75) is 31.8 Å². The lowest BCUT2D eigenvalue weighted by atomic mass is 10.1. The molecule has 1 saturated heterocycles. The van der Waals surface area contributed by atoms with Gasteiger partial charge in [-0.05, 0) is 24.8 Å². The van der Waals surface area contributed by atoms with Gasteiger partial charge >= 0.3 is 0 Å². The molecule has 3 rings (SSSR count). The first kappa shape index (κ1) is 15.5. The minimum absolute atomic E-state index is 0.00104. The Bertz CT molecular complexity index is 619. The Labute approximate surface area is 136 Å². The third kappa shape index (κ3) is 4.52. The Kier molecular flexibility index (Phi) is 5.19. The molecule has 1 unspecified atom stereocenters. The van der Waals surface area contributed by atoms with E-state index in [0.29, 0.717) is 18.8 Å². The van der Waals surface area contributed by atoms with Crippen LogP contribution in [-0.2, 0) is 11.2 Å². The number of amides is 1. The number of benzene rings is 1. The molecule has 120 valence electrons. The number of aromatic nitrogens is 2. The van der Waals surface area contributed by atoms with Gasteiger partial charge in [-0.1, -0.05) is 30.3 Å². The number of aryl methyl sites for hydroxylation is 1. The summed E-state index contributed by atoms with van der Waals surface area (Å²) in [6.45, 7) is 1.44. The minimum Gasteiger partial charge on any atom is -0.471 e. The quantitative estimate of drug-likeness (QED) is 0.851. The average Bonchev–Trinajstić information content (AvgIpc) is 2.62. The topological polar surface area (TPSA) is 55.3 Å². The fourth-order valence-corrected chi connectivity index (χ4v) is 2.83. The number of hydrogen-bond acceptors (Lipinski definition) is 4. The van der Waals surface area contributed by atoms with Gasteiger partial charge in [-0.25, -0.2) is 4.98 Å². The molecule has 0 N–H and O–H groups in total. The van der Waals surface area contributed by atoms with E-state index in [1.165, 1.54) is 5.56 Å². The first-order chi connectivity index (χ1) is 11.3. The zero-order valence-corrected chi connectivity index (χ0v) is 13.1. The summed E-state index contributed by atoms with van der Waals surface area (Å²) in [5.74, 6) is 0.720. The normalized spacial score (nSPS) is 17.7. The molecular formula is C18H21N3O2. The number of likely N-dealkylation sites (tertiary alicyclic amines) is 1. The highest BCUT2D eigenvalue weighted by Crippen LogP contribution is 2.17. The number of ether oxygens (including phenoxy) is 1. The molecule has 0 aliphatic carbocycles. The first-order valence-electron chi connectivity index (χ1n) is 8.05. The summed E-state index contributed by atoms with van der Waals surface area (Å²) >= 11 is 0. The van der Waals surface area contributed by atoms with Crippen molar-refractivity contribution < 1.29 is 9.53 Å². The van der Waals surface area contributed by atoms with Crippen LogP contribution >= 0.6 is 0 Å². The molecule has 0 radical (unpaired) electrons. The zero-order valence-electron chi connectivity index (χ0n) is 13.1. The molecule has 1 aromatic heterocycles. The van der Waals surface area contributed by atoms with E-state index in [-0.39, 0.29) is 12.0 Å². The van der Waals surface area contributed by atoms with Crippen LogP contribution in [0.3, 0.4) is 0 Å². The highest BCUT2D eigenvalue weighted by molar-refractivity contribution is 5.76. The van der Waals surface area contributed by atoms with Crippen LogP contribution in [0.25, 0.3) is 0 Å². The number of rotatable bonds is 5. The van der Waals surface area contributed by atoms with E-state index in [1.807, 2.05) is 23.1 Å². The van der Waals surface area contributed by atoms with Gasteiger partial charge in [-0.15, -0.1) is 0 Å². The Hall–Kier alpha value is -2.43. The maximum absolute atomic E-state index is 12.4. The molecule has 1 aromatic carbocycles. The summed E-state index contributed by atoms with van der Waals surface area (Å²) in [7, 11) is 0. The molecule has 1 amide bonds. The van der Waals surface area contributed by atoms with Gasteiger partial charge in [0.05, 0.1) is 12.7 Å². The summed E-state index contributed by atoms with van der Waals surface area (Å²) < 4.78 is 5.83. The highest BCUT2D eigenvalue weighted by atomic mass is 16.5. The van der Waals surface area contributed by atoms with E-state index < -0.39 is 0 Å². The number of carbonyl (C=O) groups excluding carboxylic acids is 1. The van der Waals surface area contributed by atoms with Crippen molar-refractivity contribution in [2.75, 3.05) is 13.1 Å². The smallest absolute Gasteiger partial charge is 0.232 e. The molecule has 2 aromatic rings. The molecule has 5 nitrogen and oxygen atoms in total. The average molecular weight is 311 g/mol. The van der Waals surface area contributed by atoms with Crippen LogP contribution in [0.5, 0.6) is 5.88 Å². The monoisotopic (exact) mass is 311 g/mol. The van der Waals surface area contributed by atoms with E-state index in [0.717, 1.165) is 25.8 Å². The third-order valence-corrected chi connectivity index (χ3v) is 4.03. The summed E-state index contributed by atoms with van der Waals surface area (Å²) in [5.41, 5.74) is 1.20. The minimum atomic E-state index is 0.00104. The first-order valence-corrected chi connectivity index (χ1v) is 8.05. The summed E-state index contributed by atoms with van der Waals surface area (Å²) in [6.07, 6.45) is 8.07. The van der Waals surface area contributed by atoms with E-state index in [1.54, 1.807) is 18.6 Å². The summed E-state index contributed by atoms with van der Waals surface area (Å²) in [4.78, 5) is 22.5. The number of nitrogens with zero attached hydrogens (tertiary/aromatic N) is 3. The molecule has 2 heterocycles. The second kappa shape index (κ2) is 7.72. The van der Waals surface area contributed by atoms with Crippen LogP contribution in [0.15, 0.2) is 48.9 Å². The Morgan fingerprint density at radius 2 is 2.13 bits per heavy atom. The van der Waals surface area contributed by atoms with Gasteiger partial charge in [0.25, 0.3) is 0 Å². The van der Waals surface area contributed by atoms with Crippen molar-refractivity contribution in [1.29, 1.82) is 0 Å². The van der Waals surface area contributed by atoms with Crippen LogP contribution in [0.2, 0.25) is 0 Å². The van der Waals surface area contributed by atoms with Crippen LogP contribution in [0.1, 0.15) is 24.8 Å². The number of hydrogen-bond donors (Lipinski definition) is 0. The summed E-state index contributed by atoms with van der Waals surface area (Å²) in [5, 5.41) is 0. The molecule has 5 heteroatoms. The Morgan fingerprint density at radius 3 is 2.91 bits per heavy atom. The maximum Gasteiger partial charge on any atom is 0.232 e. The lowest BCUT2D eigenvalue weighted by molar-refractivity contribution is -0.133. The molecule has 1 atom stereocenters. The van der Waals surface area contributed by atoms with Gasteiger partial charge in [0, 0.05) is 25.4 Å². The largest absolute Gasteiger partial charge is 0.471 e. The Balaban J connectivity index is 1.50. The molecule has 1 aliphatic rings. The molecule has 0 saturated carbocycles. The zero-order chi connectivity index (χ0) is 15.9. The summed E-state index contributed by atoms with van der Waals surface area (Å²) in [6, 6.07) is 10.1. The van der Waals surface area contributed by atoms with Gasteiger partial charge in [0.15, 0.2) is 0 Å². The van der Waals surface area contributed by atoms with Crippen LogP contribution in [0, 0.1) is 0 Å². The Morgan fingerprint density at radius 1 is 1.26 bits per heavy atom.